The van der Waals surface area contributed by atoms with E-state index in [1.165, 1.54) is 5.56 Å². The second kappa shape index (κ2) is 7.38. The molecule has 0 aliphatic carbocycles. The molecular weight excluding hydrogens is 348 g/mol. The smallest absolute Gasteiger partial charge is 0.131 e. The molecule has 1 N–H and O–H groups in total. The van der Waals surface area contributed by atoms with Crippen molar-refractivity contribution in [2.45, 2.75) is 46.9 Å². The highest BCUT2D eigenvalue weighted by atomic mass is 79.9. The molecule has 1 aromatic heterocycles. The van der Waals surface area contributed by atoms with Crippen LogP contribution in [0.2, 0.25) is 0 Å². The Labute approximate surface area is 138 Å². The lowest BCUT2D eigenvalue weighted by atomic mass is 10.1. The van der Waals surface area contributed by atoms with Crippen molar-refractivity contribution in [2.24, 2.45) is 0 Å². The van der Waals surface area contributed by atoms with Gasteiger partial charge < -0.3 is 10.1 Å². The molecule has 0 fully saturated rings. The Bertz CT molecular complexity index is 610. The van der Waals surface area contributed by atoms with Gasteiger partial charge in [-0.3, -0.25) is 0 Å². The quantitative estimate of drug-likeness (QED) is 0.808. The lowest BCUT2D eigenvalue weighted by Gasteiger charge is -2.16. The maximum Gasteiger partial charge on any atom is 0.131 e. The zero-order valence-electron chi connectivity index (χ0n) is 12.9. The van der Waals surface area contributed by atoms with Gasteiger partial charge in [0.05, 0.1) is 10.7 Å². The third-order valence-corrected chi connectivity index (χ3v) is 4.33. The van der Waals surface area contributed by atoms with Crippen LogP contribution in [0.5, 0.6) is 5.75 Å². The summed E-state index contributed by atoms with van der Waals surface area (Å²) < 4.78 is 7.12. The molecule has 0 saturated heterocycles. The second-order valence-electron chi connectivity index (χ2n) is 5.39. The first-order valence-electron chi connectivity index (χ1n) is 7.02. The van der Waals surface area contributed by atoms with Crippen molar-refractivity contribution in [1.82, 2.24) is 10.3 Å². The molecule has 114 valence electrons. The van der Waals surface area contributed by atoms with Gasteiger partial charge >= 0.3 is 0 Å². The normalized spacial score (nSPS) is 11.1. The summed E-state index contributed by atoms with van der Waals surface area (Å²) in [7, 11) is 0. The van der Waals surface area contributed by atoms with Crippen LogP contribution < -0.4 is 10.1 Å². The maximum atomic E-state index is 6.04. The number of benzene rings is 1. The number of nitrogens with zero attached hydrogens (tertiary/aromatic N) is 1. The zero-order valence-corrected chi connectivity index (χ0v) is 15.3. The van der Waals surface area contributed by atoms with E-state index >= 15 is 0 Å². The molecule has 3 nitrogen and oxygen atoms in total. The summed E-state index contributed by atoms with van der Waals surface area (Å²) in [6.07, 6.45) is 0. The molecule has 2 aromatic rings. The maximum absolute atomic E-state index is 6.04. The van der Waals surface area contributed by atoms with E-state index in [1.54, 1.807) is 11.3 Å². The molecule has 0 unspecified atom stereocenters. The van der Waals surface area contributed by atoms with Gasteiger partial charge in [0.15, 0.2) is 0 Å². The van der Waals surface area contributed by atoms with E-state index in [1.807, 2.05) is 6.92 Å². The Hall–Kier alpha value is -0.910. The summed E-state index contributed by atoms with van der Waals surface area (Å²) in [6.45, 7) is 9.68. The predicted molar refractivity (Wildman–Crippen MR) is 92.0 cm³/mol. The average Bonchev–Trinajstić information content (AvgIpc) is 2.80. The number of thiazole rings is 1. The Balaban J connectivity index is 2.15. The minimum absolute atomic E-state index is 0.443. The van der Waals surface area contributed by atoms with E-state index in [-0.39, 0.29) is 0 Å². The van der Waals surface area contributed by atoms with Gasteiger partial charge in [-0.2, -0.15) is 0 Å². The fraction of sp³-hybridized carbons (Fsp3) is 0.438. The summed E-state index contributed by atoms with van der Waals surface area (Å²) in [5.41, 5.74) is 3.29. The summed E-state index contributed by atoms with van der Waals surface area (Å²) >= 11 is 5.21. The first kappa shape index (κ1) is 16.5. The van der Waals surface area contributed by atoms with Gasteiger partial charge in [0.2, 0.25) is 0 Å². The molecule has 0 spiro atoms. The van der Waals surface area contributed by atoms with E-state index in [0.29, 0.717) is 12.6 Å². The summed E-state index contributed by atoms with van der Waals surface area (Å²) in [6, 6.07) is 4.64. The van der Waals surface area contributed by atoms with Crippen LogP contribution in [0.15, 0.2) is 22.0 Å². The number of aromatic nitrogens is 1. The summed E-state index contributed by atoms with van der Waals surface area (Å²) in [4.78, 5) is 4.45. The standard InChI is InChI=1S/C16H21BrN2OS/c1-10(2)18-7-13-6-14(17)5-11(3)16(13)20-8-15-9-21-12(4)19-15/h5-6,9-10,18H,7-8H2,1-4H3. The molecule has 21 heavy (non-hydrogen) atoms. The van der Waals surface area contributed by atoms with Crippen LogP contribution in [0.1, 0.15) is 35.7 Å². The fourth-order valence-electron chi connectivity index (χ4n) is 2.07. The Morgan fingerprint density at radius 2 is 2.10 bits per heavy atom. The van der Waals surface area contributed by atoms with E-state index in [0.717, 1.165) is 33.0 Å². The Morgan fingerprint density at radius 3 is 2.71 bits per heavy atom. The van der Waals surface area contributed by atoms with E-state index in [4.69, 9.17) is 4.74 Å². The van der Waals surface area contributed by atoms with Gasteiger partial charge in [-0.25, -0.2) is 4.98 Å². The van der Waals surface area contributed by atoms with Crippen molar-refractivity contribution >= 4 is 27.3 Å². The SMILES string of the molecule is Cc1nc(COc2c(C)cc(Br)cc2CNC(C)C)cs1. The molecular formula is C16H21BrN2OS. The van der Waals surface area contributed by atoms with Crippen molar-refractivity contribution in [3.05, 3.63) is 43.8 Å². The highest BCUT2D eigenvalue weighted by Crippen LogP contribution is 2.29. The Kier molecular flexibility index (Phi) is 5.79. The van der Waals surface area contributed by atoms with Crippen LogP contribution >= 0.6 is 27.3 Å². The van der Waals surface area contributed by atoms with Crippen LogP contribution in [-0.4, -0.2) is 11.0 Å². The molecule has 0 aliphatic heterocycles. The van der Waals surface area contributed by atoms with Gasteiger partial charge in [0.1, 0.15) is 12.4 Å². The van der Waals surface area contributed by atoms with E-state index in [9.17, 15) is 0 Å². The fourth-order valence-corrected chi connectivity index (χ4v) is 3.29. The number of ether oxygens (including phenoxy) is 1. The first-order valence-corrected chi connectivity index (χ1v) is 8.69. The van der Waals surface area contributed by atoms with Crippen molar-refractivity contribution in [1.29, 1.82) is 0 Å². The highest BCUT2D eigenvalue weighted by molar-refractivity contribution is 9.10. The molecule has 0 bridgehead atoms. The van der Waals surface area contributed by atoms with Gasteiger partial charge in [-0.05, 0) is 31.5 Å². The number of rotatable bonds is 6. The summed E-state index contributed by atoms with van der Waals surface area (Å²) in [5.74, 6) is 0.956. The number of nitrogens with one attached hydrogen (secondary N) is 1. The van der Waals surface area contributed by atoms with Crippen molar-refractivity contribution in [2.75, 3.05) is 0 Å². The van der Waals surface area contributed by atoms with Crippen LogP contribution in [0, 0.1) is 13.8 Å². The molecule has 1 aromatic carbocycles. The van der Waals surface area contributed by atoms with E-state index in [2.05, 4.69) is 64.5 Å². The number of hydrogen-bond donors (Lipinski definition) is 1. The third-order valence-electron chi connectivity index (χ3n) is 3.05. The van der Waals surface area contributed by atoms with Crippen molar-refractivity contribution in [3.63, 3.8) is 0 Å². The van der Waals surface area contributed by atoms with Crippen molar-refractivity contribution < 1.29 is 4.74 Å². The molecule has 0 atom stereocenters. The minimum Gasteiger partial charge on any atom is -0.487 e. The highest BCUT2D eigenvalue weighted by Gasteiger charge is 2.11. The number of halogens is 1. The molecule has 5 heteroatoms. The van der Waals surface area contributed by atoms with E-state index < -0.39 is 0 Å². The predicted octanol–water partition coefficient (Wildman–Crippen LogP) is 4.60. The van der Waals surface area contributed by atoms with Gasteiger partial charge in [0.25, 0.3) is 0 Å². The number of hydrogen-bond acceptors (Lipinski definition) is 4. The molecule has 0 saturated carbocycles. The average molecular weight is 369 g/mol. The molecule has 0 radical (unpaired) electrons. The molecule has 0 amide bonds. The number of aryl methyl sites for hydroxylation is 2. The molecule has 0 aliphatic rings. The van der Waals surface area contributed by atoms with Gasteiger partial charge in [0, 0.05) is 28.0 Å². The second-order valence-corrected chi connectivity index (χ2v) is 7.37. The van der Waals surface area contributed by atoms with Crippen LogP contribution in [0.4, 0.5) is 0 Å². The Morgan fingerprint density at radius 1 is 1.33 bits per heavy atom. The monoisotopic (exact) mass is 368 g/mol. The molecule has 2 rings (SSSR count). The van der Waals surface area contributed by atoms with Crippen LogP contribution in [-0.2, 0) is 13.2 Å². The summed E-state index contributed by atoms with van der Waals surface area (Å²) in [5, 5.41) is 6.57. The molecule has 1 heterocycles. The first-order chi connectivity index (χ1) is 9.95. The lowest BCUT2D eigenvalue weighted by molar-refractivity contribution is 0.295. The minimum atomic E-state index is 0.443. The largest absolute Gasteiger partial charge is 0.487 e. The topological polar surface area (TPSA) is 34.1 Å². The lowest BCUT2D eigenvalue weighted by Crippen LogP contribution is -2.22. The van der Waals surface area contributed by atoms with Gasteiger partial charge in [-0.1, -0.05) is 29.8 Å². The van der Waals surface area contributed by atoms with Crippen LogP contribution in [0.25, 0.3) is 0 Å². The third kappa shape index (κ3) is 4.80. The van der Waals surface area contributed by atoms with Gasteiger partial charge in [-0.15, -0.1) is 11.3 Å². The van der Waals surface area contributed by atoms with Crippen LogP contribution in [0.3, 0.4) is 0 Å². The zero-order chi connectivity index (χ0) is 15.4. The van der Waals surface area contributed by atoms with Crippen molar-refractivity contribution in [3.8, 4) is 5.75 Å².